The second-order valence-corrected chi connectivity index (χ2v) is 7.74. The van der Waals surface area contributed by atoms with Gasteiger partial charge in [-0.1, -0.05) is 41.9 Å². The molecule has 0 spiro atoms. The van der Waals surface area contributed by atoms with E-state index >= 15 is 0 Å². The lowest BCUT2D eigenvalue weighted by Crippen LogP contribution is -2.32. The first-order chi connectivity index (χ1) is 14.9. The van der Waals surface area contributed by atoms with Crippen LogP contribution in [-0.4, -0.2) is 18.9 Å². The lowest BCUT2D eigenvalue weighted by molar-refractivity contribution is -0.120. The number of benzene rings is 3. The first-order valence-electron chi connectivity index (χ1n) is 9.77. The van der Waals surface area contributed by atoms with Crippen LogP contribution >= 0.6 is 11.6 Å². The van der Waals surface area contributed by atoms with Gasteiger partial charge in [-0.05, 0) is 61.4 Å². The van der Waals surface area contributed by atoms with Crippen LogP contribution in [-0.2, 0) is 9.59 Å². The number of hydrogen-bond acceptors (Lipinski definition) is 4. The number of carbonyl (C=O) groups is 2. The predicted molar refractivity (Wildman–Crippen MR) is 123 cm³/mol. The normalized spacial score (nSPS) is 13.7. The molecule has 1 aliphatic rings. The lowest BCUT2D eigenvalue weighted by Gasteiger charge is -2.16. The molecule has 3 aromatic carbocycles. The Morgan fingerprint density at radius 3 is 2.35 bits per heavy atom. The molecule has 1 aliphatic heterocycles. The highest BCUT2D eigenvalue weighted by Gasteiger charge is 2.41. The second-order valence-electron chi connectivity index (χ2n) is 7.30. The maximum Gasteiger partial charge on any atom is 0.282 e. The van der Waals surface area contributed by atoms with Crippen LogP contribution < -0.4 is 15.0 Å². The van der Waals surface area contributed by atoms with Crippen molar-refractivity contribution in [2.24, 2.45) is 0 Å². The minimum absolute atomic E-state index is 0.192. The summed E-state index contributed by atoms with van der Waals surface area (Å²) < 4.78 is 5.47. The van der Waals surface area contributed by atoms with Crippen LogP contribution in [0, 0.1) is 13.8 Å². The number of nitrogens with zero attached hydrogens (tertiary/aromatic N) is 1. The smallest absolute Gasteiger partial charge is 0.282 e. The van der Waals surface area contributed by atoms with Crippen LogP contribution in [0.3, 0.4) is 0 Å². The van der Waals surface area contributed by atoms with Gasteiger partial charge in [-0.25, -0.2) is 4.90 Å². The Labute approximate surface area is 185 Å². The number of rotatable bonds is 5. The average molecular weight is 433 g/mol. The zero-order valence-electron chi connectivity index (χ0n) is 17.4. The van der Waals surface area contributed by atoms with Gasteiger partial charge in [-0.15, -0.1) is 0 Å². The summed E-state index contributed by atoms with van der Waals surface area (Å²) in [6.45, 7) is 4.01. The number of halogens is 1. The molecule has 0 aliphatic carbocycles. The van der Waals surface area contributed by atoms with Crippen molar-refractivity contribution in [1.29, 1.82) is 0 Å². The number of ether oxygens (including phenoxy) is 1. The van der Waals surface area contributed by atoms with Crippen molar-refractivity contribution >= 4 is 40.4 Å². The number of anilines is 2. The highest BCUT2D eigenvalue weighted by atomic mass is 35.5. The summed E-state index contributed by atoms with van der Waals surface area (Å²) in [6.07, 6.45) is 0. The number of carbonyl (C=O) groups excluding carboxylic acids is 2. The molecular weight excluding hydrogens is 412 g/mol. The molecule has 6 heteroatoms. The second kappa shape index (κ2) is 8.28. The minimum Gasteiger partial charge on any atom is -0.496 e. The molecule has 0 radical (unpaired) electrons. The summed E-state index contributed by atoms with van der Waals surface area (Å²) in [4.78, 5) is 28.1. The summed E-state index contributed by atoms with van der Waals surface area (Å²) >= 11 is 6.12. The summed E-state index contributed by atoms with van der Waals surface area (Å²) in [5.74, 6) is -0.388. The van der Waals surface area contributed by atoms with Crippen molar-refractivity contribution in [3.05, 3.63) is 94.1 Å². The van der Waals surface area contributed by atoms with Gasteiger partial charge in [-0.2, -0.15) is 0 Å². The van der Waals surface area contributed by atoms with Crippen LogP contribution in [0.25, 0.3) is 5.57 Å². The van der Waals surface area contributed by atoms with Gasteiger partial charge in [0, 0.05) is 16.3 Å². The number of aryl methyl sites for hydroxylation is 2. The number of para-hydroxylation sites is 1. The number of hydrogen-bond donors (Lipinski definition) is 1. The maximum atomic E-state index is 13.5. The zero-order valence-corrected chi connectivity index (χ0v) is 18.2. The van der Waals surface area contributed by atoms with Gasteiger partial charge >= 0.3 is 0 Å². The van der Waals surface area contributed by atoms with Crippen molar-refractivity contribution in [3.63, 3.8) is 0 Å². The summed E-state index contributed by atoms with van der Waals surface area (Å²) in [6, 6.07) is 19.6. The van der Waals surface area contributed by atoms with Crippen LogP contribution in [0.2, 0.25) is 5.02 Å². The van der Waals surface area contributed by atoms with Gasteiger partial charge in [0.15, 0.2) is 0 Å². The maximum absolute atomic E-state index is 13.5. The number of amides is 2. The largest absolute Gasteiger partial charge is 0.496 e. The van der Waals surface area contributed by atoms with E-state index in [2.05, 4.69) is 5.32 Å². The molecule has 3 aromatic rings. The van der Waals surface area contributed by atoms with Gasteiger partial charge < -0.3 is 10.1 Å². The molecule has 0 unspecified atom stereocenters. The molecule has 5 nitrogen and oxygen atoms in total. The Kier molecular flexibility index (Phi) is 5.53. The van der Waals surface area contributed by atoms with Gasteiger partial charge in [0.25, 0.3) is 11.8 Å². The molecule has 1 N–H and O–H groups in total. The fourth-order valence-corrected chi connectivity index (χ4v) is 3.74. The van der Waals surface area contributed by atoms with E-state index in [0.717, 1.165) is 21.7 Å². The quantitative estimate of drug-likeness (QED) is 0.551. The first kappa shape index (κ1) is 20.7. The number of imide groups is 1. The van der Waals surface area contributed by atoms with Crippen molar-refractivity contribution in [2.45, 2.75) is 13.8 Å². The molecule has 0 saturated heterocycles. The van der Waals surface area contributed by atoms with Gasteiger partial charge in [0.1, 0.15) is 11.4 Å². The third-order valence-electron chi connectivity index (χ3n) is 5.30. The molecule has 0 aromatic heterocycles. The molecule has 0 saturated carbocycles. The van der Waals surface area contributed by atoms with Crippen LogP contribution in [0.15, 0.2) is 72.4 Å². The molecule has 1 heterocycles. The predicted octanol–water partition coefficient (Wildman–Crippen LogP) is 5.36. The molecular formula is C25H21ClN2O3. The van der Waals surface area contributed by atoms with Crippen LogP contribution in [0.5, 0.6) is 5.75 Å². The fraction of sp³-hybridized carbons (Fsp3) is 0.120. The highest BCUT2D eigenvalue weighted by Crippen LogP contribution is 2.37. The Bertz CT molecular complexity index is 1230. The Hall–Kier alpha value is -3.57. The standard InChI is InChI=1S/C25H21ClN2O3/c1-15-11-12-18(13-16(15)2)27-23-22(20-9-4-5-10-21(20)31-3)24(29)28(25(23)30)19-8-6-7-17(26)14-19/h4-14,27H,1-3H3. The van der Waals surface area contributed by atoms with Gasteiger partial charge in [-0.3, -0.25) is 9.59 Å². The van der Waals surface area contributed by atoms with Crippen LogP contribution in [0.4, 0.5) is 11.4 Å². The number of methoxy groups -OCH3 is 1. The van der Waals surface area contributed by atoms with E-state index in [0.29, 0.717) is 22.0 Å². The molecule has 0 fully saturated rings. The molecule has 156 valence electrons. The van der Waals surface area contributed by atoms with Gasteiger partial charge in [0.05, 0.1) is 18.4 Å². The third-order valence-corrected chi connectivity index (χ3v) is 5.54. The Balaban J connectivity index is 1.87. The van der Waals surface area contributed by atoms with E-state index < -0.39 is 11.8 Å². The minimum atomic E-state index is -0.452. The van der Waals surface area contributed by atoms with Crippen LogP contribution in [0.1, 0.15) is 16.7 Å². The first-order valence-corrected chi connectivity index (χ1v) is 10.1. The van der Waals surface area contributed by atoms with E-state index in [4.69, 9.17) is 16.3 Å². The molecule has 31 heavy (non-hydrogen) atoms. The number of nitrogens with one attached hydrogen (secondary N) is 1. The van der Waals surface area contributed by atoms with E-state index in [9.17, 15) is 9.59 Å². The van der Waals surface area contributed by atoms with E-state index in [1.807, 2.05) is 38.1 Å². The summed E-state index contributed by atoms with van der Waals surface area (Å²) in [5.41, 5.74) is 4.33. The average Bonchev–Trinajstić information content (AvgIpc) is 3.00. The van der Waals surface area contributed by atoms with E-state index in [1.54, 1.807) is 42.5 Å². The molecule has 0 bridgehead atoms. The van der Waals surface area contributed by atoms with Gasteiger partial charge in [0.2, 0.25) is 0 Å². The van der Waals surface area contributed by atoms with Crippen molar-refractivity contribution in [3.8, 4) is 5.75 Å². The molecule has 4 rings (SSSR count). The van der Waals surface area contributed by atoms with Crippen molar-refractivity contribution in [1.82, 2.24) is 0 Å². The topological polar surface area (TPSA) is 58.6 Å². The lowest BCUT2D eigenvalue weighted by atomic mass is 10.0. The third kappa shape index (κ3) is 3.80. The fourth-order valence-electron chi connectivity index (χ4n) is 3.56. The SMILES string of the molecule is COc1ccccc1C1=C(Nc2ccc(C)c(C)c2)C(=O)N(c2cccc(Cl)c2)C1=O. The Morgan fingerprint density at radius 2 is 1.65 bits per heavy atom. The van der Waals surface area contributed by atoms with E-state index in [1.165, 1.54) is 7.11 Å². The molecule has 0 atom stereocenters. The summed E-state index contributed by atoms with van der Waals surface area (Å²) in [7, 11) is 1.53. The van der Waals surface area contributed by atoms with E-state index in [-0.39, 0.29) is 11.3 Å². The summed E-state index contributed by atoms with van der Waals surface area (Å²) in [5, 5.41) is 3.62. The zero-order chi connectivity index (χ0) is 22.1. The monoisotopic (exact) mass is 432 g/mol. The highest BCUT2D eigenvalue weighted by molar-refractivity contribution is 6.46. The van der Waals surface area contributed by atoms with Crippen molar-refractivity contribution < 1.29 is 14.3 Å². The Morgan fingerprint density at radius 1 is 0.871 bits per heavy atom. The van der Waals surface area contributed by atoms with Crippen molar-refractivity contribution in [2.75, 3.05) is 17.3 Å². The molecule has 2 amide bonds.